The van der Waals surface area contributed by atoms with Gasteiger partial charge in [-0.15, -0.1) is 34.4 Å². The molecule has 35 heavy (non-hydrogen) atoms. The first-order valence-electron chi connectivity index (χ1n) is 11.3. The molecule has 0 spiro atoms. The summed E-state index contributed by atoms with van der Waals surface area (Å²) in [5.41, 5.74) is 3.18. The van der Waals surface area contributed by atoms with E-state index in [2.05, 4.69) is 11.4 Å². The highest BCUT2D eigenvalue weighted by molar-refractivity contribution is 7.99. The van der Waals surface area contributed by atoms with Gasteiger partial charge in [0.15, 0.2) is 0 Å². The van der Waals surface area contributed by atoms with Crippen molar-refractivity contribution in [1.82, 2.24) is 9.88 Å². The van der Waals surface area contributed by atoms with Gasteiger partial charge in [-0.3, -0.25) is 9.59 Å². The van der Waals surface area contributed by atoms with E-state index in [0.29, 0.717) is 25.3 Å². The van der Waals surface area contributed by atoms with Crippen molar-refractivity contribution >= 4 is 61.5 Å². The molecule has 2 aromatic carbocycles. The molecule has 0 unspecified atom stereocenters. The van der Waals surface area contributed by atoms with Gasteiger partial charge < -0.3 is 15.0 Å². The van der Waals surface area contributed by atoms with Crippen molar-refractivity contribution in [3.8, 4) is 16.3 Å². The Morgan fingerprint density at radius 2 is 1.94 bits per heavy atom. The molecule has 9 heteroatoms. The molecule has 4 aromatic rings. The predicted octanol–water partition coefficient (Wildman–Crippen LogP) is 6.06. The lowest BCUT2D eigenvalue weighted by Gasteiger charge is -2.26. The first-order chi connectivity index (χ1) is 17.0. The van der Waals surface area contributed by atoms with Crippen molar-refractivity contribution in [2.24, 2.45) is 0 Å². The number of thiophene rings is 1. The normalized spacial score (nSPS) is 13.0. The molecule has 5 rings (SSSR count). The monoisotopic (exact) mass is 523 g/mol. The summed E-state index contributed by atoms with van der Waals surface area (Å²) in [6, 6.07) is 15.9. The number of benzene rings is 2. The largest absolute Gasteiger partial charge is 0.497 e. The third-order valence-electron chi connectivity index (χ3n) is 5.92. The second-order valence-corrected chi connectivity index (χ2v) is 11.5. The predicted molar refractivity (Wildman–Crippen MR) is 145 cm³/mol. The topological polar surface area (TPSA) is 71.5 Å². The Labute approximate surface area is 216 Å². The molecule has 0 aliphatic carbocycles. The Morgan fingerprint density at radius 3 is 2.69 bits per heavy atom. The fourth-order valence-corrected chi connectivity index (χ4v) is 7.33. The maximum Gasteiger partial charge on any atom is 0.225 e. The molecule has 180 valence electrons. The quantitative estimate of drug-likeness (QED) is 0.298. The molecule has 0 fully saturated rings. The maximum absolute atomic E-state index is 12.9. The summed E-state index contributed by atoms with van der Waals surface area (Å²) in [6.45, 7) is 2.87. The van der Waals surface area contributed by atoms with E-state index in [0.717, 1.165) is 47.7 Å². The zero-order valence-electron chi connectivity index (χ0n) is 19.5. The minimum absolute atomic E-state index is 0.0182. The van der Waals surface area contributed by atoms with Gasteiger partial charge in [-0.2, -0.15) is 0 Å². The summed E-state index contributed by atoms with van der Waals surface area (Å²) in [5, 5.41) is 4.92. The Kier molecular flexibility index (Phi) is 7.08. The number of amides is 2. The number of nitrogens with zero attached hydrogens (tertiary/aromatic N) is 2. The lowest BCUT2D eigenvalue weighted by molar-refractivity contribution is -0.129. The minimum Gasteiger partial charge on any atom is -0.497 e. The number of aromatic nitrogens is 1. The van der Waals surface area contributed by atoms with Crippen LogP contribution >= 0.6 is 34.4 Å². The smallest absolute Gasteiger partial charge is 0.225 e. The van der Waals surface area contributed by atoms with E-state index in [-0.39, 0.29) is 11.8 Å². The number of ether oxygens (including phenoxy) is 1. The molecule has 6 nitrogen and oxygen atoms in total. The van der Waals surface area contributed by atoms with Gasteiger partial charge in [0.2, 0.25) is 11.8 Å². The summed E-state index contributed by atoms with van der Waals surface area (Å²) in [4.78, 5) is 33.9. The van der Waals surface area contributed by atoms with Crippen LogP contribution in [0.4, 0.5) is 5.00 Å². The zero-order chi connectivity index (χ0) is 24.4. The second-order valence-electron chi connectivity index (χ2n) is 8.21. The van der Waals surface area contributed by atoms with Crippen LogP contribution in [0.5, 0.6) is 5.75 Å². The van der Waals surface area contributed by atoms with Crippen LogP contribution in [0.15, 0.2) is 53.4 Å². The average Bonchev–Trinajstić information content (AvgIpc) is 3.44. The number of anilines is 1. The van der Waals surface area contributed by atoms with Crippen molar-refractivity contribution in [3.63, 3.8) is 0 Å². The number of para-hydroxylation sites is 1. The first kappa shape index (κ1) is 23.8. The van der Waals surface area contributed by atoms with Gasteiger partial charge in [-0.05, 0) is 48.4 Å². The summed E-state index contributed by atoms with van der Waals surface area (Å²) in [6.07, 6.45) is 1.16. The van der Waals surface area contributed by atoms with Crippen LogP contribution in [0.25, 0.3) is 20.8 Å². The van der Waals surface area contributed by atoms with Crippen LogP contribution in [0.1, 0.15) is 23.8 Å². The van der Waals surface area contributed by atoms with Gasteiger partial charge in [0.05, 0.1) is 23.9 Å². The Hall–Kier alpha value is -2.88. The molecule has 0 saturated carbocycles. The fourth-order valence-electron chi connectivity index (χ4n) is 4.09. The van der Waals surface area contributed by atoms with Gasteiger partial charge in [0, 0.05) is 41.0 Å². The first-order valence-corrected chi connectivity index (χ1v) is 14.0. The number of rotatable bonds is 7. The maximum atomic E-state index is 12.9. The molecule has 0 bridgehead atoms. The summed E-state index contributed by atoms with van der Waals surface area (Å²) in [5.74, 6) is 1.55. The average molecular weight is 524 g/mol. The number of nitrogens with one attached hydrogen (secondary N) is 1. The van der Waals surface area contributed by atoms with Crippen molar-refractivity contribution in [2.75, 3.05) is 24.7 Å². The third kappa shape index (κ3) is 5.22. The van der Waals surface area contributed by atoms with Crippen molar-refractivity contribution in [2.45, 2.75) is 31.2 Å². The molecule has 3 heterocycles. The SMILES string of the molecule is COc1ccc(SCCC(=O)Nc2sc3c(c2-c2nc4ccccc4s2)CCN(C(C)=O)C3)cc1. The summed E-state index contributed by atoms with van der Waals surface area (Å²) in [7, 11) is 1.65. The zero-order valence-corrected chi connectivity index (χ0v) is 21.9. The van der Waals surface area contributed by atoms with Crippen molar-refractivity contribution in [1.29, 1.82) is 0 Å². The van der Waals surface area contributed by atoms with E-state index in [1.54, 1.807) is 48.5 Å². The molecule has 2 amide bonds. The molecular formula is C26H25N3O3S3. The Morgan fingerprint density at radius 1 is 1.14 bits per heavy atom. The Balaban J connectivity index is 1.36. The van der Waals surface area contributed by atoms with E-state index in [4.69, 9.17) is 9.72 Å². The number of fused-ring (bicyclic) bond motifs is 2. The number of hydrogen-bond donors (Lipinski definition) is 1. The standard InChI is InChI=1S/C26H25N3O3S3/c1-16(30)29-13-11-19-22(15-29)35-26(24(19)25-27-20-5-3-4-6-21(20)34-25)28-23(31)12-14-33-18-9-7-17(32-2)8-10-18/h3-10H,11-15H2,1-2H3,(H,28,31). The lowest BCUT2D eigenvalue weighted by atomic mass is 10.0. The fraction of sp³-hybridized carbons (Fsp3) is 0.269. The number of carbonyl (C=O) groups is 2. The van der Waals surface area contributed by atoms with Crippen LogP contribution in [-0.4, -0.2) is 41.1 Å². The number of hydrogen-bond acceptors (Lipinski definition) is 7. The lowest BCUT2D eigenvalue weighted by Crippen LogP contribution is -2.33. The molecule has 1 aliphatic heterocycles. The van der Waals surface area contributed by atoms with Crippen LogP contribution in [0, 0.1) is 0 Å². The van der Waals surface area contributed by atoms with E-state index in [9.17, 15) is 9.59 Å². The molecule has 2 aromatic heterocycles. The molecule has 0 saturated heterocycles. The summed E-state index contributed by atoms with van der Waals surface area (Å²) < 4.78 is 6.32. The highest BCUT2D eigenvalue weighted by Crippen LogP contribution is 2.45. The van der Waals surface area contributed by atoms with E-state index in [1.807, 2.05) is 47.4 Å². The number of thioether (sulfide) groups is 1. The van der Waals surface area contributed by atoms with Gasteiger partial charge in [0.1, 0.15) is 15.8 Å². The highest BCUT2D eigenvalue weighted by atomic mass is 32.2. The number of methoxy groups -OCH3 is 1. The van der Waals surface area contributed by atoms with Crippen LogP contribution in [0.2, 0.25) is 0 Å². The van der Waals surface area contributed by atoms with Crippen LogP contribution in [-0.2, 0) is 22.6 Å². The molecule has 0 radical (unpaired) electrons. The Bertz CT molecular complexity index is 1340. The molecule has 0 atom stereocenters. The van der Waals surface area contributed by atoms with Gasteiger partial charge >= 0.3 is 0 Å². The molecule has 1 aliphatic rings. The van der Waals surface area contributed by atoms with Gasteiger partial charge in [-0.1, -0.05) is 12.1 Å². The molecule has 1 N–H and O–H groups in total. The summed E-state index contributed by atoms with van der Waals surface area (Å²) >= 11 is 4.86. The van der Waals surface area contributed by atoms with E-state index in [1.165, 1.54) is 5.56 Å². The van der Waals surface area contributed by atoms with Gasteiger partial charge in [0.25, 0.3) is 0 Å². The highest BCUT2D eigenvalue weighted by Gasteiger charge is 2.28. The third-order valence-corrected chi connectivity index (χ3v) is 9.12. The minimum atomic E-state index is -0.0182. The van der Waals surface area contributed by atoms with Gasteiger partial charge in [-0.25, -0.2) is 4.98 Å². The number of carbonyl (C=O) groups excluding carboxylic acids is 2. The van der Waals surface area contributed by atoms with Crippen molar-refractivity contribution < 1.29 is 14.3 Å². The van der Waals surface area contributed by atoms with Crippen LogP contribution in [0.3, 0.4) is 0 Å². The van der Waals surface area contributed by atoms with E-state index >= 15 is 0 Å². The van der Waals surface area contributed by atoms with Crippen LogP contribution < -0.4 is 10.1 Å². The molecular weight excluding hydrogens is 499 g/mol. The van der Waals surface area contributed by atoms with Crippen molar-refractivity contribution in [3.05, 3.63) is 59.0 Å². The number of thiazole rings is 1. The van der Waals surface area contributed by atoms with E-state index < -0.39 is 0 Å². The second kappa shape index (κ2) is 10.4.